The Labute approximate surface area is 177 Å². The first-order valence-electron chi connectivity index (χ1n) is 10.6. The predicted molar refractivity (Wildman–Crippen MR) is 118 cm³/mol. The van der Waals surface area contributed by atoms with Crippen LogP contribution in [0.15, 0.2) is 36.5 Å². The number of rotatable bonds is 8. The minimum atomic E-state index is 0.0786. The Bertz CT molecular complexity index is 1020. The van der Waals surface area contributed by atoms with Crippen molar-refractivity contribution in [2.45, 2.75) is 32.6 Å². The quantitative estimate of drug-likeness (QED) is 0.613. The van der Waals surface area contributed by atoms with Gasteiger partial charge in [0.25, 0.3) is 0 Å². The van der Waals surface area contributed by atoms with E-state index in [9.17, 15) is 4.79 Å². The number of ether oxygens (including phenoxy) is 1. The summed E-state index contributed by atoms with van der Waals surface area (Å²) in [5.74, 6) is 2.32. The molecule has 1 N–H and O–H groups in total. The molecule has 1 aliphatic heterocycles. The number of aryl methyl sites for hydroxylation is 1. The summed E-state index contributed by atoms with van der Waals surface area (Å²) in [7, 11) is 2.02. The lowest BCUT2D eigenvalue weighted by Crippen LogP contribution is -2.34. The largest absolute Gasteiger partial charge is 0.457 e. The molecule has 1 aromatic carbocycles. The van der Waals surface area contributed by atoms with E-state index in [0.29, 0.717) is 23.6 Å². The van der Waals surface area contributed by atoms with E-state index in [2.05, 4.69) is 19.8 Å². The summed E-state index contributed by atoms with van der Waals surface area (Å²) in [6, 6.07) is 9.49. The third-order valence-corrected chi connectivity index (χ3v) is 5.47. The van der Waals surface area contributed by atoms with Crippen molar-refractivity contribution >= 4 is 22.8 Å². The maximum absolute atomic E-state index is 11.3. The number of piperidine rings is 1. The number of carbonyl (C=O) groups excluding carboxylic acids is 1. The molecule has 30 heavy (non-hydrogen) atoms. The molecular weight excluding hydrogens is 378 g/mol. The summed E-state index contributed by atoms with van der Waals surface area (Å²) in [6.45, 7) is 5.89. The third kappa shape index (κ3) is 4.97. The molecule has 4 rings (SSSR count). The average Bonchev–Trinajstić information content (AvgIpc) is 3.04. The van der Waals surface area contributed by atoms with E-state index in [1.165, 1.54) is 32.4 Å². The second-order valence-electron chi connectivity index (χ2n) is 7.94. The first-order chi connectivity index (χ1) is 14.6. The summed E-state index contributed by atoms with van der Waals surface area (Å²) in [4.78, 5) is 22.8. The molecule has 3 aromatic rings. The molecule has 0 unspecified atom stereocenters. The zero-order valence-electron chi connectivity index (χ0n) is 17.7. The lowest BCUT2D eigenvalue weighted by atomic mass is 10.1. The van der Waals surface area contributed by atoms with Gasteiger partial charge in [-0.3, -0.25) is 9.78 Å². The topological polar surface area (TPSA) is 72.3 Å². The highest BCUT2D eigenvalue weighted by molar-refractivity contribution is 5.80. The first-order valence-corrected chi connectivity index (χ1v) is 10.6. The number of anilines is 1. The number of nitrogens with one attached hydrogen (secondary N) is 1. The molecule has 7 nitrogen and oxygen atoms in total. The summed E-state index contributed by atoms with van der Waals surface area (Å²) in [5.41, 5.74) is 2.64. The van der Waals surface area contributed by atoms with Crippen LogP contribution in [-0.2, 0) is 18.3 Å². The van der Waals surface area contributed by atoms with E-state index < -0.39 is 0 Å². The number of hydrogen-bond acceptors (Lipinski definition) is 6. The van der Waals surface area contributed by atoms with E-state index >= 15 is 0 Å². The molecule has 0 amide bonds. The van der Waals surface area contributed by atoms with Crippen LogP contribution in [0.1, 0.15) is 31.9 Å². The van der Waals surface area contributed by atoms with Crippen LogP contribution in [0, 0.1) is 0 Å². The molecule has 1 fully saturated rings. The number of ketones is 1. The fraction of sp³-hybridized carbons (Fsp3) is 0.435. The zero-order valence-corrected chi connectivity index (χ0v) is 17.7. The second kappa shape index (κ2) is 9.26. The number of aromatic nitrogens is 3. The molecule has 2 aromatic heterocycles. The maximum Gasteiger partial charge on any atom is 0.203 e. The van der Waals surface area contributed by atoms with Crippen molar-refractivity contribution in [1.82, 2.24) is 19.4 Å². The van der Waals surface area contributed by atoms with Gasteiger partial charge in [0.05, 0.1) is 16.7 Å². The number of fused-ring (bicyclic) bond motifs is 1. The Balaban J connectivity index is 1.43. The lowest BCUT2D eigenvalue weighted by Gasteiger charge is -2.26. The summed E-state index contributed by atoms with van der Waals surface area (Å²) >= 11 is 0. The molecule has 0 radical (unpaired) electrons. The number of pyridine rings is 1. The number of carbonyl (C=O) groups is 1. The van der Waals surface area contributed by atoms with Gasteiger partial charge < -0.3 is 19.5 Å². The molecule has 158 valence electrons. The highest BCUT2D eigenvalue weighted by atomic mass is 16.5. The van der Waals surface area contributed by atoms with Gasteiger partial charge in [-0.2, -0.15) is 0 Å². The highest BCUT2D eigenvalue weighted by Crippen LogP contribution is 2.27. The Morgan fingerprint density at radius 3 is 2.73 bits per heavy atom. The van der Waals surface area contributed by atoms with Crippen molar-refractivity contribution in [3.05, 3.63) is 42.2 Å². The van der Waals surface area contributed by atoms with Gasteiger partial charge in [0.1, 0.15) is 17.3 Å². The van der Waals surface area contributed by atoms with E-state index in [4.69, 9.17) is 9.72 Å². The molecule has 7 heteroatoms. The average molecular weight is 408 g/mol. The standard InChI is InChI=1S/C23H29N5O2/c1-17(29)14-18-15-20(8-9-24-18)30-19-6-7-22-21(16-19)26-23(27(22)2)25-10-13-28-11-4-3-5-12-28/h6-9,15-16H,3-5,10-14H2,1-2H3,(H,25,26). The van der Waals surface area contributed by atoms with Crippen molar-refractivity contribution in [2.24, 2.45) is 7.05 Å². The van der Waals surface area contributed by atoms with Crippen LogP contribution >= 0.6 is 0 Å². The number of hydrogen-bond donors (Lipinski definition) is 1. The van der Waals surface area contributed by atoms with E-state index in [-0.39, 0.29) is 5.78 Å². The molecule has 0 atom stereocenters. The van der Waals surface area contributed by atoms with Crippen LogP contribution < -0.4 is 10.1 Å². The number of Topliss-reactive ketones (excluding diaryl/α,β-unsaturated/α-hetero) is 1. The van der Waals surface area contributed by atoms with Gasteiger partial charge >= 0.3 is 0 Å². The van der Waals surface area contributed by atoms with Crippen LogP contribution in [0.25, 0.3) is 11.0 Å². The van der Waals surface area contributed by atoms with Crippen LogP contribution in [0.4, 0.5) is 5.95 Å². The summed E-state index contributed by atoms with van der Waals surface area (Å²) < 4.78 is 8.07. The van der Waals surface area contributed by atoms with Crippen LogP contribution in [0.5, 0.6) is 11.5 Å². The van der Waals surface area contributed by atoms with Crippen molar-refractivity contribution in [3.8, 4) is 11.5 Å². The van der Waals surface area contributed by atoms with E-state index in [1.807, 2.05) is 25.2 Å². The van der Waals surface area contributed by atoms with E-state index in [1.54, 1.807) is 25.3 Å². The normalized spacial score (nSPS) is 14.7. The monoisotopic (exact) mass is 407 g/mol. The van der Waals surface area contributed by atoms with Crippen LogP contribution in [-0.4, -0.2) is 51.4 Å². The molecule has 0 spiro atoms. The Hall–Kier alpha value is -2.93. The summed E-state index contributed by atoms with van der Waals surface area (Å²) in [5, 5.41) is 3.47. The van der Waals surface area contributed by atoms with Crippen molar-refractivity contribution in [2.75, 3.05) is 31.5 Å². The van der Waals surface area contributed by atoms with Crippen molar-refractivity contribution < 1.29 is 9.53 Å². The minimum Gasteiger partial charge on any atom is -0.457 e. The predicted octanol–water partition coefficient (Wildman–Crippen LogP) is 3.79. The number of imidazole rings is 1. The molecule has 1 aliphatic rings. The lowest BCUT2D eigenvalue weighted by molar-refractivity contribution is -0.116. The summed E-state index contributed by atoms with van der Waals surface area (Å²) in [6.07, 6.45) is 5.95. The SMILES string of the molecule is CC(=O)Cc1cc(Oc2ccc3c(c2)nc(NCCN2CCCCC2)n3C)ccn1. The molecular formula is C23H29N5O2. The van der Waals surface area contributed by atoms with Gasteiger partial charge in [-0.25, -0.2) is 4.98 Å². The molecule has 3 heterocycles. The van der Waals surface area contributed by atoms with Gasteiger partial charge in [0.2, 0.25) is 5.95 Å². The molecule has 1 saturated heterocycles. The Kier molecular flexibility index (Phi) is 6.28. The number of nitrogens with zero attached hydrogens (tertiary/aromatic N) is 4. The van der Waals surface area contributed by atoms with Crippen molar-refractivity contribution in [1.29, 1.82) is 0 Å². The van der Waals surface area contributed by atoms with Gasteiger partial charge in [-0.1, -0.05) is 6.42 Å². The zero-order chi connectivity index (χ0) is 20.9. The van der Waals surface area contributed by atoms with Crippen LogP contribution in [0.3, 0.4) is 0 Å². The fourth-order valence-corrected chi connectivity index (χ4v) is 3.92. The van der Waals surface area contributed by atoms with Crippen molar-refractivity contribution in [3.63, 3.8) is 0 Å². The smallest absolute Gasteiger partial charge is 0.203 e. The molecule has 0 bridgehead atoms. The van der Waals surface area contributed by atoms with Gasteiger partial charge in [0.15, 0.2) is 0 Å². The third-order valence-electron chi connectivity index (χ3n) is 5.47. The van der Waals surface area contributed by atoms with Gasteiger partial charge in [-0.05, 0) is 51.1 Å². The number of likely N-dealkylation sites (tertiary alicyclic amines) is 1. The Morgan fingerprint density at radius 1 is 1.13 bits per heavy atom. The van der Waals surface area contributed by atoms with Gasteiger partial charge in [0, 0.05) is 44.9 Å². The van der Waals surface area contributed by atoms with Crippen LogP contribution in [0.2, 0.25) is 0 Å². The first kappa shape index (κ1) is 20.3. The number of benzene rings is 1. The fourth-order valence-electron chi connectivity index (χ4n) is 3.92. The molecule has 0 saturated carbocycles. The highest BCUT2D eigenvalue weighted by Gasteiger charge is 2.12. The second-order valence-corrected chi connectivity index (χ2v) is 7.94. The van der Waals surface area contributed by atoms with Gasteiger partial charge in [-0.15, -0.1) is 0 Å². The maximum atomic E-state index is 11.3. The Morgan fingerprint density at radius 2 is 1.93 bits per heavy atom. The molecule has 0 aliphatic carbocycles. The van der Waals surface area contributed by atoms with E-state index in [0.717, 1.165) is 30.1 Å². The minimum absolute atomic E-state index is 0.0786.